The zero-order valence-electron chi connectivity index (χ0n) is 16.6. The summed E-state index contributed by atoms with van der Waals surface area (Å²) in [4.78, 5) is 14.1. The van der Waals surface area contributed by atoms with Gasteiger partial charge in [0.05, 0.1) is 0 Å². The lowest BCUT2D eigenvalue weighted by Gasteiger charge is -2.36. The van der Waals surface area contributed by atoms with Crippen molar-refractivity contribution in [1.82, 2.24) is 10.2 Å². The average Bonchev–Trinajstić information content (AvgIpc) is 2.48. The van der Waals surface area contributed by atoms with Gasteiger partial charge in [-0.1, -0.05) is 13.8 Å². The minimum Gasteiger partial charge on any atom is -0.444 e. The van der Waals surface area contributed by atoms with E-state index in [9.17, 15) is 4.79 Å². The van der Waals surface area contributed by atoms with Gasteiger partial charge in [-0.2, -0.15) is 0 Å². The zero-order valence-corrected chi connectivity index (χ0v) is 16.6. The Morgan fingerprint density at radius 3 is 2.62 bits per heavy atom. The molecule has 1 fully saturated rings. The Balaban J connectivity index is 2.27. The first kappa shape index (κ1) is 21.2. The van der Waals surface area contributed by atoms with Gasteiger partial charge in [0.15, 0.2) is 0 Å². The molecule has 0 aromatic heterocycles. The summed E-state index contributed by atoms with van der Waals surface area (Å²) >= 11 is 0. The molecule has 1 aliphatic heterocycles. The summed E-state index contributed by atoms with van der Waals surface area (Å²) < 4.78 is 11.1. The number of piperidine rings is 1. The van der Waals surface area contributed by atoms with E-state index in [1.54, 1.807) is 0 Å². The maximum absolute atomic E-state index is 12.2. The third kappa shape index (κ3) is 8.88. The van der Waals surface area contributed by atoms with E-state index in [0.717, 1.165) is 52.1 Å². The van der Waals surface area contributed by atoms with Crippen molar-refractivity contribution in [1.29, 1.82) is 0 Å². The number of amides is 1. The van der Waals surface area contributed by atoms with E-state index in [1.807, 2.05) is 25.7 Å². The van der Waals surface area contributed by atoms with E-state index in [1.165, 1.54) is 0 Å². The molecule has 0 aromatic rings. The molecular weight excluding hydrogens is 304 g/mol. The molecule has 1 aliphatic rings. The number of carbonyl (C=O) groups is 1. The van der Waals surface area contributed by atoms with Crippen LogP contribution in [0.4, 0.5) is 4.79 Å². The number of rotatable bonds is 8. The van der Waals surface area contributed by atoms with Gasteiger partial charge in [-0.15, -0.1) is 0 Å². The molecule has 0 bridgehead atoms. The van der Waals surface area contributed by atoms with Crippen molar-refractivity contribution in [2.24, 2.45) is 11.8 Å². The molecule has 0 aliphatic carbocycles. The highest BCUT2D eigenvalue weighted by atomic mass is 16.6. The maximum atomic E-state index is 12.2. The van der Waals surface area contributed by atoms with Crippen LogP contribution in [-0.2, 0) is 9.47 Å². The number of hydrogen-bond acceptors (Lipinski definition) is 4. The van der Waals surface area contributed by atoms with Crippen LogP contribution in [0.5, 0.6) is 0 Å². The van der Waals surface area contributed by atoms with Crippen molar-refractivity contribution < 1.29 is 14.3 Å². The van der Waals surface area contributed by atoms with Crippen molar-refractivity contribution in [2.75, 3.05) is 32.8 Å². The minimum atomic E-state index is -0.427. The summed E-state index contributed by atoms with van der Waals surface area (Å²) in [6.45, 7) is 16.5. The number of carbonyl (C=O) groups excluding carboxylic acids is 1. The first-order chi connectivity index (χ1) is 11.2. The lowest BCUT2D eigenvalue weighted by molar-refractivity contribution is 0.0148. The van der Waals surface area contributed by atoms with E-state index in [2.05, 4.69) is 26.1 Å². The van der Waals surface area contributed by atoms with Crippen molar-refractivity contribution in [3.63, 3.8) is 0 Å². The van der Waals surface area contributed by atoms with Crippen LogP contribution in [0, 0.1) is 11.8 Å². The molecule has 0 radical (unpaired) electrons. The Labute approximate surface area is 148 Å². The van der Waals surface area contributed by atoms with Crippen LogP contribution in [0.15, 0.2) is 0 Å². The molecule has 5 heteroatoms. The first-order valence-electron chi connectivity index (χ1n) is 9.48. The zero-order chi connectivity index (χ0) is 18.2. The van der Waals surface area contributed by atoms with Crippen molar-refractivity contribution in [3.05, 3.63) is 0 Å². The van der Waals surface area contributed by atoms with Crippen LogP contribution in [0.25, 0.3) is 0 Å². The molecule has 5 nitrogen and oxygen atoms in total. The number of nitrogens with zero attached hydrogens (tertiary/aromatic N) is 1. The van der Waals surface area contributed by atoms with Crippen molar-refractivity contribution in [2.45, 2.75) is 72.4 Å². The van der Waals surface area contributed by atoms with Crippen molar-refractivity contribution >= 4 is 6.09 Å². The van der Waals surface area contributed by atoms with Crippen LogP contribution in [0.3, 0.4) is 0 Å². The Hall–Kier alpha value is -0.810. The monoisotopic (exact) mass is 342 g/mol. The minimum absolute atomic E-state index is 0.179. The van der Waals surface area contributed by atoms with Crippen molar-refractivity contribution in [3.8, 4) is 0 Å². The summed E-state index contributed by atoms with van der Waals surface area (Å²) in [7, 11) is 0. The fourth-order valence-corrected chi connectivity index (χ4v) is 2.90. The summed E-state index contributed by atoms with van der Waals surface area (Å²) in [6.07, 6.45) is 3.06. The smallest absolute Gasteiger partial charge is 0.410 e. The molecule has 2 atom stereocenters. The maximum Gasteiger partial charge on any atom is 0.410 e. The summed E-state index contributed by atoms with van der Waals surface area (Å²) in [6, 6.07) is 0.403. The lowest BCUT2D eigenvalue weighted by atomic mass is 9.91. The molecule has 1 saturated heterocycles. The summed E-state index contributed by atoms with van der Waals surface area (Å²) in [5.41, 5.74) is -0.427. The standard InChI is InChI=1S/C19H38N2O3/c1-15(2)14-23-12-8-10-20-16(3)17-9-7-11-21(13-17)18(22)24-19(4,5)6/h15-17,20H,7-14H2,1-6H3. The fourth-order valence-electron chi connectivity index (χ4n) is 2.90. The predicted molar refractivity (Wildman–Crippen MR) is 98.3 cm³/mol. The largest absolute Gasteiger partial charge is 0.444 e. The van der Waals surface area contributed by atoms with Crippen LogP contribution < -0.4 is 5.32 Å². The van der Waals surface area contributed by atoms with Gasteiger partial charge in [0.2, 0.25) is 0 Å². The molecule has 1 heterocycles. The summed E-state index contributed by atoms with van der Waals surface area (Å²) in [5, 5.41) is 3.59. The molecule has 142 valence electrons. The lowest BCUT2D eigenvalue weighted by Crippen LogP contribution is -2.48. The molecule has 0 aromatic carbocycles. The third-order valence-electron chi connectivity index (χ3n) is 4.20. The molecule has 24 heavy (non-hydrogen) atoms. The van der Waals surface area contributed by atoms with Gasteiger partial charge in [0.1, 0.15) is 5.60 Å². The summed E-state index contributed by atoms with van der Waals surface area (Å²) in [5.74, 6) is 1.08. The highest BCUT2D eigenvalue weighted by molar-refractivity contribution is 5.68. The number of hydrogen-bond donors (Lipinski definition) is 1. The second-order valence-corrected chi connectivity index (χ2v) is 8.39. The topological polar surface area (TPSA) is 50.8 Å². The van der Waals surface area contributed by atoms with Gasteiger partial charge in [-0.25, -0.2) is 4.79 Å². The van der Waals surface area contributed by atoms with Crippen LogP contribution in [0.1, 0.15) is 60.8 Å². The van der Waals surface area contributed by atoms with Gasteiger partial charge in [0, 0.05) is 32.3 Å². The Morgan fingerprint density at radius 1 is 1.29 bits per heavy atom. The Morgan fingerprint density at radius 2 is 2.00 bits per heavy atom. The van der Waals surface area contributed by atoms with E-state index >= 15 is 0 Å². The van der Waals surface area contributed by atoms with Crippen LogP contribution >= 0.6 is 0 Å². The van der Waals surface area contributed by atoms with E-state index < -0.39 is 5.60 Å². The Kier molecular flexibility index (Phi) is 9.06. The molecule has 1 rings (SSSR count). The van der Waals surface area contributed by atoms with Gasteiger partial charge in [-0.05, 0) is 65.3 Å². The highest BCUT2D eigenvalue weighted by Gasteiger charge is 2.29. The molecule has 0 saturated carbocycles. The Bertz CT molecular complexity index is 366. The van der Waals surface area contributed by atoms with Gasteiger partial charge in [-0.3, -0.25) is 0 Å². The molecule has 1 N–H and O–H groups in total. The first-order valence-corrected chi connectivity index (χ1v) is 9.48. The average molecular weight is 343 g/mol. The van der Waals surface area contributed by atoms with Crippen LogP contribution in [-0.4, -0.2) is 55.5 Å². The highest BCUT2D eigenvalue weighted by Crippen LogP contribution is 2.21. The second kappa shape index (κ2) is 10.2. The van der Waals surface area contributed by atoms with Gasteiger partial charge in [0.25, 0.3) is 0 Å². The SMILES string of the molecule is CC(C)COCCCNC(C)C1CCCN(C(=O)OC(C)(C)C)C1. The quantitative estimate of drug-likeness (QED) is 0.684. The molecule has 0 spiro atoms. The second-order valence-electron chi connectivity index (χ2n) is 8.39. The molecule has 2 unspecified atom stereocenters. The van der Waals surface area contributed by atoms with E-state index in [0.29, 0.717) is 17.9 Å². The van der Waals surface area contributed by atoms with Crippen LogP contribution in [0.2, 0.25) is 0 Å². The fraction of sp³-hybridized carbons (Fsp3) is 0.947. The third-order valence-corrected chi connectivity index (χ3v) is 4.20. The van der Waals surface area contributed by atoms with Gasteiger partial charge >= 0.3 is 6.09 Å². The normalized spacial score (nSPS) is 20.3. The molecule has 1 amide bonds. The van der Waals surface area contributed by atoms with E-state index in [-0.39, 0.29) is 6.09 Å². The number of likely N-dealkylation sites (tertiary alicyclic amines) is 1. The van der Waals surface area contributed by atoms with Gasteiger partial charge < -0.3 is 19.7 Å². The van der Waals surface area contributed by atoms with E-state index in [4.69, 9.17) is 9.47 Å². The predicted octanol–water partition coefficient (Wildman–Crippen LogP) is 3.67. The molecular formula is C19H38N2O3. The number of ether oxygens (including phenoxy) is 2. The number of nitrogens with one attached hydrogen (secondary N) is 1.